The van der Waals surface area contributed by atoms with Crippen LogP contribution in [0.1, 0.15) is 79.6 Å². The van der Waals surface area contributed by atoms with Gasteiger partial charge in [0.2, 0.25) is 0 Å². The summed E-state index contributed by atoms with van der Waals surface area (Å²) >= 11 is 0. The van der Waals surface area contributed by atoms with Crippen molar-refractivity contribution in [2.75, 3.05) is 0 Å². The van der Waals surface area contributed by atoms with Gasteiger partial charge in [0.15, 0.2) is 0 Å². The Bertz CT molecular complexity index is 157. The van der Waals surface area contributed by atoms with Crippen molar-refractivity contribution in [1.29, 1.82) is 0 Å². The van der Waals surface area contributed by atoms with Crippen molar-refractivity contribution >= 4 is 5.97 Å². The van der Waals surface area contributed by atoms with Gasteiger partial charge in [0.25, 0.3) is 0 Å². The van der Waals surface area contributed by atoms with Crippen LogP contribution in [0.5, 0.6) is 0 Å². The number of hydrogen-bond acceptors (Lipinski definition) is 1. The van der Waals surface area contributed by atoms with Crippen LogP contribution in [0.25, 0.3) is 0 Å². The summed E-state index contributed by atoms with van der Waals surface area (Å²) in [7, 11) is 0. The summed E-state index contributed by atoms with van der Waals surface area (Å²) in [5.74, 6) is -0.670. The lowest BCUT2D eigenvalue weighted by Gasteiger charge is -2.12. The Balaban J connectivity index is 0. The lowest BCUT2D eigenvalue weighted by atomic mass is 9.94. The zero-order valence-electron chi connectivity index (χ0n) is 11.8. The van der Waals surface area contributed by atoms with E-state index in [4.69, 9.17) is 5.11 Å². The molecule has 0 rings (SSSR count). The highest BCUT2D eigenvalue weighted by Gasteiger charge is 2.03. The smallest absolute Gasteiger partial charge is 0.303 e. The van der Waals surface area contributed by atoms with Gasteiger partial charge in [-0.25, -0.2) is 0 Å². The predicted molar refractivity (Wildman–Crippen MR) is 70.8 cm³/mol. The van der Waals surface area contributed by atoms with Crippen LogP contribution in [0.15, 0.2) is 0 Å². The van der Waals surface area contributed by atoms with Gasteiger partial charge in [-0.1, -0.05) is 66.7 Å². The normalized spacial score (nSPS) is 10.6. The zero-order valence-corrected chi connectivity index (χ0v) is 11.8. The molecule has 0 amide bonds. The fraction of sp³-hybridized carbons (Fsp3) is 0.929. The summed E-state index contributed by atoms with van der Waals surface area (Å²) < 4.78 is 0. The molecular formula is C14H30O2. The topological polar surface area (TPSA) is 37.3 Å². The molecule has 2 nitrogen and oxygen atoms in total. The van der Waals surface area contributed by atoms with Crippen LogP contribution >= 0.6 is 0 Å². The first kappa shape index (κ1) is 17.9. The second-order valence-corrected chi connectivity index (χ2v) is 5.47. The van der Waals surface area contributed by atoms with Crippen molar-refractivity contribution in [2.45, 2.75) is 79.6 Å². The first-order valence-corrected chi connectivity index (χ1v) is 6.55. The Morgan fingerprint density at radius 1 is 1.00 bits per heavy atom. The van der Waals surface area contributed by atoms with Crippen LogP contribution in [0.4, 0.5) is 0 Å². The van der Waals surface area contributed by atoms with E-state index in [0.29, 0.717) is 11.8 Å². The maximum Gasteiger partial charge on any atom is 0.303 e. The number of carboxylic acid groups (broad SMARTS) is 1. The molecular weight excluding hydrogens is 200 g/mol. The Labute approximate surface area is 101 Å². The van der Waals surface area contributed by atoms with Gasteiger partial charge in [0, 0.05) is 6.42 Å². The first-order valence-electron chi connectivity index (χ1n) is 6.55. The molecule has 0 aliphatic rings. The SMILES string of the molecule is CCC(C)(C)C.CCCCCCCC(=O)O. The summed E-state index contributed by atoms with van der Waals surface area (Å²) in [5, 5.41) is 8.27. The van der Waals surface area contributed by atoms with Crippen molar-refractivity contribution in [3.8, 4) is 0 Å². The molecule has 0 atom stereocenters. The van der Waals surface area contributed by atoms with E-state index in [9.17, 15) is 4.79 Å². The second-order valence-electron chi connectivity index (χ2n) is 5.47. The number of unbranched alkanes of at least 4 members (excludes halogenated alkanes) is 4. The van der Waals surface area contributed by atoms with Gasteiger partial charge in [-0.3, -0.25) is 4.79 Å². The quantitative estimate of drug-likeness (QED) is 0.661. The Morgan fingerprint density at radius 3 is 1.75 bits per heavy atom. The van der Waals surface area contributed by atoms with E-state index in [-0.39, 0.29) is 0 Å². The highest BCUT2D eigenvalue weighted by molar-refractivity contribution is 5.66. The largest absolute Gasteiger partial charge is 0.481 e. The maximum atomic E-state index is 10.0. The van der Waals surface area contributed by atoms with Crippen molar-refractivity contribution in [3.05, 3.63) is 0 Å². The molecule has 0 radical (unpaired) electrons. The fourth-order valence-corrected chi connectivity index (χ4v) is 0.880. The molecule has 0 unspecified atom stereocenters. The lowest BCUT2D eigenvalue weighted by Crippen LogP contribution is -2.00. The highest BCUT2D eigenvalue weighted by Crippen LogP contribution is 2.16. The zero-order chi connectivity index (χ0) is 13.0. The van der Waals surface area contributed by atoms with E-state index in [2.05, 4.69) is 34.6 Å². The van der Waals surface area contributed by atoms with Gasteiger partial charge in [0.05, 0.1) is 0 Å². The van der Waals surface area contributed by atoms with E-state index in [1.54, 1.807) is 0 Å². The third-order valence-corrected chi connectivity index (χ3v) is 2.55. The van der Waals surface area contributed by atoms with Gasteiger partial charge >= 0.3 is 5.97 Å². The fourth-order valence-electron chi connectivity index (χ4n) is 0.880. The van der Waals surface area contributed by atoms with Gasteiger partial charge < -0.3 is 5.11 Å². The lowest BCUT2D eigenvalue weighted by molar-refractivity contribution is -0.137. The molecule has 0 aliphatic carbocycles. The molecule has 0 fully saturated rings. The van der Waals surface area contributed by atoms with E-state index in [1.165, 1.54) is 25.7 Å². The monoisotopic (exact) mass is 230 g/mol. The molecule has 2 heteroatoms. The maximum absolute atomic E-state index is 10.0. The van der Waals surface area contributed by atoms with E-state index < -0.39 is 5.97 Å². The Morgan fingerprint density at radius 2 is 1.44 bits per heavy atom. The van der Waals surface area contributed by atoms with E-state index in [0.717, 1.165) is 12.8 Å². The molecule has 0 aromatic heterocycles. The molecule has 1 N–H and O–H groups in total. The minimum atomic E-state index is -0.670. The van der Waals surface area contributed by atoms with Crippen LogP contribution < -0.4 is 0 Å². The number of rotatable bonds is 6. The highest BCUT2D eigenvalue weighted by atomic mass is 16.4. The number of carbonyl (C=O) groups is 1. The van der Waals surface area contributed by atoms with Crippen LogP contribution in [0.2, 0.25) is 0 Å². The van der Waals surface area contributed by atoms with Gasteiger partial charge in [0.1, 0.15) is 0 Å². The van der Waals surface area contributed by atoms with Crippen LogP contribution in [-0.4, -0.2) is 11.1 Å². The molecule has 0 aliphatic heterocycles. The molecule has 0 spiro atoms. The Kier molecular flexibility index (Phi) is 12.2. The van der Waals surface area contributed by atoms with E-state index in [1.807, 2.05) is 0 Å². The number of aliphatic carboxylic acids is 1. The van der Waals surface area contributed by atoms with Crippen molar-refractivity contribution in [3.63, 3.8) is 0 Å². The third-order valence-electron chi connectivity index (χ3n) is 2.55. The number of hydrogen-bond donors (Lipinski definition) is 1. The number of carboxylic acids is 1. The minimum Gasteiger partial charge on any atom is -0.481 e. The van der Waals surface area contributed by atoms with Crippen LogP contribution in [-0.2, 0) is 4.79 Å². The molecule has 98 valence electrons. The average molecular weight is 230 g/mol. The summed E-state index contributed by atoms with van der Waals surface area (Å²) in [5.41, 5.74) is 0.542. The van der Waals surface area contributed by atoms with Crippen molar-refractivity contribution < 1.29 is 9.90 Å². The van der Waals surface area contributed by atoms with Gasteiger partial charge in [-0.15, -0.1) is 0 Å². The molecule has 16 heavy (non-hydrogen) atoms. The minimum absolute atomic E-state index is 0.337. The van der Waals surface area contributed by atoms with Crippen LogP contribution in [0.3, 0.4) is 0 Å². The molecule has 0 bridgehead atoms. The standard InChI is InChI=1S/C8H16O2.C6H14/c1-2-3-4-5-6-7-8(9)10;1-5-6(2,3)4/h2-7H2,1H3,(H,9,10);5H2,1-4H3. The molecule has 0 aromatic rings. The summed E-state index contributed by atoms with van der Waals surface area (Å²) in [6.07, 6.45) is 7.16. The Hall–Kier alpha value is -0.530. The van der Waals surface area contributed by atoms with Crippen molar-refractivity contribution in [2.24, 2.45) is 5.41 Å². The van der Waals surface area contributed by atoms with Gasteiger partial charge in [-0.2, -0.15) is 0 Å². The molecule has 0 aromatic carbocycles. The summed E-state index contributed by atoms with van der Waals surface area (Å²) in [6, 6.07) is 0. The van der Waals surface area contributed by atoms with Crippen LogP contribution in [0, 0.1) is 5.41 Å². The predicted octanol–water partition coefficient (Wildman–Crippen LogP) is 4.87. The third kappa shape index (κ3) is 23.4. The average Bonchev–Trinajstić information content (AvgIpc) is 2.17. The summed E-state index contributed by atoms with van der Waals surface area (Å²) in [6.45, 7) is 11.1. The molecule has 0 saturated heterocycles. The molecule has 0 saturated carbocycles. The second kappa shape index (κ2) is 11.0. The summed E-state index contributed by atoms with van der Waals surface area (Å²) in [4.78, 5) is 10.0. The first-order chi connectivity index (χ1) is 7.33. The molecule has 0 heterocycles. The van der Waals surface area contributed by atoms with Gasteiger partial charge in [-0.05, 0) is 11.8 Å². The van der Waals surface area contributed by atoms with E-state index >= 15 is 0 Å². The van der Waals surface area contributed by atoms with Crippen molar-refractivity contribution in [1.82, 2.24) is 0 Å².